The Balaban J connectivity index is 1.25. The van der Waals surface area contributed by atoms with Crippen LogP contribution in [0.5, 0.6) is 5.88 Å². The van der Waals surface area contributed by atoms with Gasteiger partial charge in [-0.25, -0.2) is 23.6 Å². The van der Waals surface area contributed by atoms with Crippen molar-refractivity contribution in [1.29, 1.82) is 0 Å². The number of carbonyl (C=O) groups is 1. The van der Waals surface area contributed by atoms with Crippen molar-refractivity contribution >= 4 is 12.2 Å². The van der Waals surface area contributed by atoms with E-state index < -0.39 is 35.6 Å². The predicted octanol–water partition coefficient (Wildman–Crippen LogP) is 3.78. The normalized spacial score (nSPS) is 17.9. The van der Waals surface area contributed by atoms with Gasteiger partial charge in [-0.2, -0.15) is 14.5 Å². The molecule has 176 valence electrons. The number of hydrazone groups is 1. The van der Waals surface area contributed by atoms with Crippen molar-refractivity contribution < 1.29 is 27.2 Å². The number of benzene rings is 1. The predicted molar refractivity (Wildman–Crippen MR) is 112 cm³/mol. The van der Waals surface area contributed by atoms with Crippen LogP contribution in [0, 0.1) is 31.3 Å². The van der Waals surface area contributed by atoms with E-state index >= 15 is 0 Å². The Morgan fingerprint density at radius 1 is 1.15 bits per heavy atom. The van der Waals surface area contributed by atoms with E-state index in [1.165, 1.54) is 28.3 Å². The first kappa shape index (κ1) is 21.9. The molecule has 0 unspecified atom stereocenters. The van der Waals surface area contributed by atoms with E-state index in [2.05, 4.69) is 20.2 Å². The number of likely N-dealkylation sites (tertiary alicyclic amines) is 1. The van der Waals surface area contributed by atoms with Gasteiger partial charge in [-0.1, -0.05) is 5.16 Å². The van der Waals surface area contributed by atoms with Gasteiger partial charge in [0.2, 0.25) is 5.82 Å². The molecule has 1 atom stereocenters. The summed E-state index contributed by atoms with van der Waals surface area (Å²) in [6.07, 6.45) is 2.36. The van der Waals surface area contributed by atoms with E-state index in [0.29, 0.717) is 29.0 Å². The molecule has 2 amide bonds. The second-order valence-electron chi connectivity index (χ2n) is 8.07. The van der Waals surface area contributed by atoms with Crippen LogP contribution < -0.4 is 4.74 Å². The Labute approximate surface area is 191 Å². The second kappa shape index (κ2) is 8.43. The summed E-state index contributed by atoms with van der Waals surface area (Å²) in [4.78, 5) is 22.5. The van der Waals surface area contributed by atoms with Crippen LogP contribution in [0.25, 0.3) is 11.4 Å². The molecule has 1 fully saturated rings. The highest BCUT2D eigenvalue weighted by molar-refractivity contribution is 5.79. The molecule has 0 N–H and O–H groups in total. The first-order chi connectivity index (χ1) is 16.3. The lowest BCUT2D eigenvalue weighted by molar-refractivity contribution is 0.0230. The molecule has 0 spiro atoms. The standard InChI is InChI=1S/C22H19F3N6O3/c1-11-19(12(2)34-29-11)20-26-8-17(25)21(28-20)33-16-9-30(10-16)22(32)31-18(3-4-27-31)13-5-14(23)7-15(24)6-13/h4-8,16,18H,3,9-10H2,1-2H3/t18-/m0/s1. The largest absolute Gasteiger partial charge is 0.468 e. The lowest BCUT2D eigenvalue weighted by Crippen LogP contribution is -2.59. The number of hydrogen-bond acceptors (Lipinski definition) is 7. The minimum Gasteiger partial charge on any atom is -0.468 e. The number of ether oxygens (including phenoxy) is 1. The molecule has 0 saturated carbocycles. The highest BCUT2D eigenvalue weighted by atomic mass is 19.1. The van der Waals surface area contributed by atoms with Gasteiger partial charge in [-0.3, -0.25) is 0 Å². The molecule has 12 heteroatoms. The lowest BCUT2D eigenvalue weighted by Gasteiger charge is -2.40. The number of halogens is 3. The first-order valence-corrected chi connectivity index (χ1v) is 10.5. The third kappa shape index (κ3) is 3.95. The number of amides is 2. The van der Waals surface area contributed by atoms with Crippen molar-refractivity contribution in [1.82, 2.24) is 25.0 Å². The number of aromatic nitrogens is 3. The van der Waals surface area contributed by atoms with Crippen LogP contribution in [-0.2, 0) is 0 Å². The van der Waals surface area contributed by atoms with E-state index in [1.807, 2.05) is 0 Å². The SMILES string of the molecule is Cc1noc(C)c1-c1ncc(F)c(OC2CN(C(=O)N3N=CC[C@H]3c3cc(F)cc(F)c3)C2)n1. The van der Waals surface area contributed by atoms with Crippen molar-refractivity contribution in [2.75, 3.05) is 13.1 Å². The number of hydrogen-bond donors (Lipinski definition) is 0. The molecule has 0 bridgehead atoms. The maximum absolute atomic E-state index is 14.3. The molecule has 2 aliphatic rings. The van der Waals surface area contributed by atoms with E-state index in [0.717, 1.165) is 12.3 Å². The van der Waals surface area contributed by atoms with Gasteiger partial charge in [0.15, 0.2) is 5.82 Å². The van der Waals surface area contributed by atoms with Gasteiger partial charge in [0.25, 0.3) is 5.88 Å². The maximum atomic E-state index is 14.3. The van der Waals surface area contributed by atoms with Crippen molar-refractivity contribution in [3.8, 4) is 17.3 Å². The fourth-order valence-electron chi connectivity index (χ4n) is 3.97. The Hall–Kier alpha value is -3.96. The zero-order valence-corrected chi connectivity index (χ0v) is 18.2. The fraction of sp³-hybridized carbons (Fsp3) is 0.318. The van der Waals surface area contributed by atoms with Crippen molar-refractivity contribution in [2.24, 2.45) is 5.10 Å². The summed E-state index contributed by atoms with van der Waals surface area (Å²) >= 11 is 0. The summed E-state index contributed by atoms with van der Waals surface area (Å²) in [6, 6.07) is 2.07. The van der Waals surface area contributed by atoms with Gasteiger partial charge in [-0.15, -0.1) is 0 Å². The number of rotatable bonds is 4. The first-order valence-electron chi connectivity index (χ1n) is 10.5. The van der Waals surface area contributed by atoms with E-state index in [4.69, 9.17) is 9.26 Å². The third-order valence-electron chi connectivity index (χ3n) is 5.66. The Morgan fingerprint density at radius 3 is 2.56 bits per heavy atom. The van der Waals surface area contributed by atoms with Crippen LogP contribution in [0.1, 0.15) is 29.5 Å². The van der Waals surface area contributed by atoms with Crippen molar-refractivity contribution in [3.63, 3.8) is 0 Å². The topological polar surface area (TPSA) is 97.0 Å². The molecule has 2 aliphatic heterocycles. The van der Waals surface area contributed by atoms with Crippen LogP contribution in [0.15, 0.2) is 34.0 Å². The van der Waals surface area contributed by atoms with E-state index in [9.17, 15) is 18.0 Å². The van der Waals surface area contributed by atoms with Crippen LogP contribution in [-0.4, -0.2) is 56.5 Å². The Bertz CT molecular complexity index is 1250. The molecule has 34 heavy (non-hydrogen) atoms. The van der Waals surface area contributed by atoms with Gasteiger partial charge in [-0.05, 0) is 31.5 Å². The Morgan fingerprint density at radius 2 is 1.88 bits per heavy atom. The summed E-state index contributed by atoms with van der Waals surface area (Å²) in [6.45, 7) is 3.75. The minimum absolute atomic E-state index is 0.166. The minimum atomic E-state index is -0.738. The monoisotopic (exact) mass is 472 g/mol. The summed E-state index contributed by atoms with van der Waals surface area (Å²) < 4.78 is 52.3. The molecule has 9 nitrogen and oxygen atoms in total. The summed E-state index contributed by atoms with van der Waals surface area (Å²) in [7, 11) is 0. The van der Waals surface area contributed by atoms with Crippen LogP contribution in [0.2, 0.25) is 0 Å². The lowest BCUT2D eigenvalue weighted by atomic mass is 10.0. The quantitative estimate of drug-likeness (QED) is 0.573. The van der Waals surface area contributed by atoms with Crippen molar-refractivity contribution in [2.45, 2.75) is 32.4 Å². The molecule has 0 aliphatic carbocycles. The van der Waals surface area contributed by atoms with Gasteiger partial charge >= 0.3 is 6.03 Å². The summed E-state index contributed by atoms with van der Waals surface area (Å²) in [5, 5.41) is 9.10. The van der Waals surface area contributed by atoms with Gasteiger partial charge < -0.3 is 14.2 Å². The van der Waals surface area contributed by atoms with Gasteiger partial charge in [0.1, 0.15) is 23.5 Å². The highest BCUT2D eigenvalue weighted by Crippen LogP contribution is 2.32. The zero-order chi connectivity index (χ0) is 24.0. The third-order valence-corrected chi connectivity index (χ3v) is 5.66. The molecule has 4 heterocycles. The second-order valence-corrected chi connectivity index (χ2v) is 8.07. The highest BCUT2D eigenvalue weighted by Gasteiger charge is 2.39. The Kier molecular flexibility index (Phi) is 5.42. The van der Waals surface area contributed by atoms with E-state index in [1.54, 1.807) is 13.8 Å². The molecule has 5 rings (SSSR count). The number of urea groups is 1. The molecule has 0 radical (unpaired) electrons. The smallest absolute Gasteiger partial charge is 0.341 e. The molecule has 2 aromatic heterocycles. The van der Waals surface area contributed by atoms with Crippen LogP contribution in [0.3, 0.4) is 0 Å². The van der Waals surface area contributed by atoms with Gasteiger partial charge in [0, 0.05) is 18.7 Å². The van der Waals surface area contributed by atoms with Gasteiger partial charge in [0.05, 0.1) is 36.6 Å². The molecular formula is C22H19F3N6O3. The number of carbonyl (C=O) groups excluding carboxylic acids is 1. The average molecular weight is 472 g/mol. The molecule has 1 aromatic carbocycles. The molecular weight excluding hydrogens is 453 g/mol. The molecule has 1 saturated heterocycles. The fourth-order valence-corrected chi connectivity index (χ4v) is 3.97. The number of aryl methyl sites for hydroxylation is 2. The number of nitrogens with zero attached hydrogens (tertiary/aromatic N) is 6. The summed E-state index contributed by atoms with van der Waals surface area (Å²) in [5.74, 6) is -1.72. The van der Waals surface area contributed by atoms with Crippen LogP contribution in [0.4, 0.5) is 18.0 Å². The average Bonchev–Trinajstić information content (AvgIpc) is 3.37. The maximum Gasteiger partial charge on any atom is 0.341 e. The summed E-state index contributed by atoms with van der Waals surface area (Å²) in [5.41, 5.74) is 1.43. The van der Waals surface area contributed by atoms with E-state index in [-0.39, 0.29) is 24.8 Å². The zero-order valence-electron chi connectivity index (χ0n) is 18.2. The van der Waals surface area contributed by atoms with Crippen molar-refractivity contribution in [3.05, 3.63) is 58.9 Å². The molecule has 3 aromatic rings. The van der Waals surface area contributed by atoms with Crippen LogP contribution >= 0.6 is 0 Å².